The maximum Gasteiger partial charge on any atom is 0.585 e. The first-order chi connectivity index (χ1) is 18.2. The Morgan fingerprint density at radius 3 is 1.00 bits per heavy atom. The normalized spacial score (nSPS) is 11.1. The summed E-state index contributed by atoms with van der Waals surface area (Å²) in [5, 5.41) is 7.19. The molecule has 0 aromatic rings. The third kappa shape index (κ3) is 33.0. The number of primary amides is 1. The molecule has 0 spiro atoms. The zero-order valence-corrected chi connectivity index (χ0v) is 33.0. The van der Waals surface area contributed by atoms with Crippen LogP contribution in [0.15, 0.2) is 0 Å². The van der Waals surface area contributed by atoms with Crippen molar-refractivity contribution in [2.45, 2.75) is 68.2 Å². The van der Waals surface area contributed by atoms with Crippen LogP contribution >= 0.6 is 81.4 Å². The van der Waals surface area contributed by atoms with E-state index in [-0.39, 0.29) is 6.15 Å². The summed E-state index contributed by atoms with van der Waals surface area (Å²) in [4.78, 5) is 8.78. The lowest BCUT2D eigenvalue weighted by Gasteiger charge is -2.26. The van der Waals surface area contributed by atoms with Gasteiger partial charge in [0.2, 0.25) is 0 Å². The Labute approximate surface area is 269 Å². The van der Waals surface area contributed by atoms with Gasteiger partial charge in [0.05, 0.1) is 0 Å². The summed E-state index contributed by atoms with van der Waals surface area (Å²) in [7, 11) is 8.91. The molecule has 0 fully saturated rings. The number of nitrogens with two attached hydrogens (primary N) is 1. The van der Waals surface area contributed by atoms with Gasteiger partial charge in [0.1, 0.15) is 0 Å². The molecule has 0 unspecified atom stereocenters. The molecule has 240 valence electrons. The van der Waals surface area contributed by atoms with E-state index in [4.69, 9.17) is 36.5 Å². The highest BCUT2D eigenvalue weighted by atomic mass is 33.7. The second-order valence-corrected chi connectivity index (χ2v) is 26.9. The highest BCUT2D eigenvalue weighted by Crippen LogP contribution is 2.49. The molecule has 0 aliphatic rings. The summed E-state index contributed by atoms with van der Waals surface area (Å²) >= 11 is 0. The van der Waals surface area contributed by atoms with Gasteiger partial charge in [-0.15, -0.1) is 0 Å². The van der Waals surface area contributed by atoms with Crippen molar-refractivity contribution in [3.8, 4) is 0 Å². The van der Waals surface area contributed by atoms with E-state index in [1.54, 1.807) is 59.8 Å². The average molecular weight is 747 g/mol. The van der Waals surface area contributed by atoms with Gasteiger partial charge in [0.25, 0.3) is 0 Å². The SMILES string of the molecule is CCCSSSS[Si](OCC)(OCC)OCC.CCCSSSS[Si](OCC)(OCC)OCC.N.NC(=O)O. The number of carbonyl (C=O) groups is 1. The van der Waals surface area contributed by atoms with Crippen LogP contribution in [-0.4, -0.2) is 78.3 Å². The van der Waals surface area contributed by atoms with Crippen molar-refractivity contribution in [3.63, 3.8) is 0 Å². The van der Waals surface area contributed by atoms with Crippen molar-refractivity contribution in [2.24, 2.45) is 5.73 Å². The van der Waals surface area contributed by atoms with Gasteiger partial charge in [-0.1, -0.05) is 35.4 Å². The molecule has 0 rings (SSSR count). The quantitative estimate of drug-likeness (QED) is 0.0488. The molecule has 0 aromatic carbocycles. The maximum atomic E-state index is 8.78. The van der Waals surface area contributed by atoms with Gasteiger partial charge in [-0.2, -0.15) is 0 Å². The average Bonchev–Trinajstić information content (AvgIpc) is 2.85. The molecule has 0 aliphatic carbocycles. The monoisotopic (exact) mass is 746 g/mol. The Bertz CT molecular complexity index is 444. The minimum atomic E-state index is -2.51. The highest BCUT2D eigenvalue weighted by molar-refractivity contribution is 9.29. The van der Waals surface area contributed by atoms with E-state index in [1.807, 2.05) is 63.1 Å². The van der Waals surface area contributed by atoms with Gasteiger partial charge < -0.3 is 43.5 Å². The Morgan fingerprint density at radius 1 is 0.590 bits per heavy atom. The Morgan fingerprint density at radius 2 is 0.821 bits per heavy atom. The van der Waals surface area contributed by atoms with E-state index < -0.39 is 22.0 Å². The van der Waals surface area contributed by atoms with Crippen LogP contribution in [0.4, 0.5) is 4.79 Å². The fraction of sp³-hybridized carbons (Fsp3) is 0.947. The van der Waals surface area contributed by atoms with Crippen molar-refractivity contribution in [2.75, 3.05) is 51.1 Å². The maximum absolute atomic E-state index is 8.78. The summed E-state index contributed by atoms with van der Waals surface area (Å²) < 4.78 is 34.4. The molecule has 0 aliphatic heterocycles. The number of amides is 1. The molecule has 0 saturated heterocycles. The van der Waals surface area contributed by atoms with E-state index in [0.717, 1.165) is 0 Å². The van der Waals surface area contributed by atoms with Crippen LogP contribution in [0.3, 0.4) is 0 Å². The van der Waals surface area contributed by atoms with Gasteiger partial charge in [0, 0.05) is 51.1 Å². The number of hydrogen-bond acceptors (Lipinski definition) is 16. The Hall–Kier alpha value is 2.22. The molecule has 0 saturated carbocycles. The molecule has 0 heterocycles. The van der Waals surface area contributed by atoms with E-state index in [1.165, 1.54) is 24.3 Å². The van der Waals surface area contributed by atoms with Crippen molar-refractivity contribution < 1.29 is 36.5 Å². The molecule has 10 nitrogen and oxygen atoms in total. The van der Waals surface area contributed by atoms with Crippen molar-refractivity contribution in [1.29, 1.82) is 0 Å². The van der Waals surface area contributed by atoms with Gasteiger partial charge in [-0.25, -0.2) is 4.79 Å². The standard InChI is InChI=1S/2C9H22O3S4Si.CH3NO2.H3N/c2*1-5-9-13-14-15-16-17(10-6-2,11-7-3)12-8-4;2-1(3)4;/h2*5-9H2,1-4H3;2H2,(H,3,4);1H3. The molecule has 6 N–H and O–H groups in total. The first-order valence-corrected chi connectivity index (χ1v) is 27.2. The van der Waals surface area contributed by atoms with Gasteiger partial charge >= 0.3 is 22.0 Å². The van der Waals surface area contributed by atoms with Crippen LogP contribution in [0, 0.1) is 0 Å². The molecule has 0 aromatic heterocycles. The first kappa shape index (κ1) is 48.1. The van der Waals surface area contributed by atoms with E-state index in [9.17, 15) is 0 Å². The fourth-order valence-electron chi connectivity index (χ4n) is 1.84. The third-order valence-corrected chi connectivity index (χ3v) is 28.7. The van der Waals surface area contributed by atoms with Crippen LogP contribution < -0.4 is 11.9 Å². The zero-order chi connectivity index (χ0) is 29.5. The molecular weight excluding hydrogens is 697 g/mol. The van der Waals surface area contributed by atoms with Crippen LogP contribution in [0.2, 0.25) is 0 Å². The van der Waals surface area contributed by atoms with E-state index in [0.29, 0.717) is 39.6 Å². The summed E-state index contributed by atoms with van der Waals surface area (Å²) in [6, 6.07) is 0. The van der Waals surface area contributed by atoms with Gasteiger partial charge in [0.15, 0.2) is 0 Å². The number of hydrogen-bond donors (Lipinski definition) is 3. The van der Waals surface area contributed by atoms with Crippen molar-refractivity contribution in [1.82, 2.24) is 6.15 Å². The zero-order valence-electron chi connectivity index (χ0n) is 24.4. The second kappa shape index (κ2) is 36.4. The largest absolute Gasteiger partial charge is 0.585 e. The summed E-state index contributed by atoms with van der Waals surface area (Å²) in [5.74, 6) is 2.34. The smallest absolute Gasteiger partial charge is 0.465 e. The van der Waals surface area contributed by atoms with Gasteiger partial charge in [-0.05, 0) is 114 Å². The summed E-state index contributed by atoms with van der Waals surface area (Å²) in [6.45, 7) is 20.0. The number of rotatable bonds is 24. The summed E-state index contributed by atoms with van der Waals surface area (Å²) in [5.41, 5.74) is 4.03. The predicted octanol–water partition coefficient (Wildman–Crippen LogP) is 9.02. The molecule has 0 bridgehead atoms. The third-order valence-electron chi connectivity index (χ3n) is 2.93. The lowest BCUT2D eigenvalue weighted by Crippen LogP contribution is -2.42. The molecule has 0 radical (unpaired) electrons. The minimum Gasteiger partial charge on any atom is -0.465 e. The minimum absolute atomic E-state index is 0. The molecule has 0 atom stereocenters. The fourth-order valence-corrected chi connectivity index (χ4v) is 30.0. The highest BCUT2D eigenvalue weighted by Gasteiger charge is 2.44. The Kier molecular flexibility index (Phi) is 44.9. The van der Waals surface area contributed by atoms with Crippen LogP contribution in [0.1, 0.15) is 68.2 Å². The molecule has 1 amide bonds. The lowest BCUT2D eigenvalue weighted by molar-refractivity contribution is 0.0963. The summed E-state index contributed by atoms with van der Waals surface area (Å²) in [6.07, 6.45) is 1.07. The van der Waals surface area contributed by atoms with Crippen LogP contribution in [0.25, 0.3) is 0 Å². The molecule has 39 heavy (non-hydrogen) atoms. The lowest BCUT2D eigenvalue weighted by atomic mass is 10.6. The Balaban J connectivity index is -0.000000270. The topological polar surface area (TPSA) is 154 Å². The number of carboxylic acid groups (broad SMARTS) is 1. The molecule has 20 heteroatoms. The van der Waals surface area contributed by atoms with Crippen LogP contribution in [-0.2, 0) is 26.6 Å². The van der Waals surface area contributed by atoms with Crippen LogP contribution in [0.5, 0.6) is 0 Å². The van der Waals surface area contributed by atoms with E-state index in [2.05, 4.69) is 19.6 Å². The van der Waals surface area contributed by atoms with Crippen molar-refractivity contribution >= 4 is 103 Å². The molecular formula is C19H50N2O8S8Si2. The predicted molar refractivity (Wildman–Crippen MR) is 190 cm³/mol. The first-order valence-electron chi connectivity index (χ1n) is 12.3. The van der Waals surface area contributed by atoms with E-state index >= 15 is 0 Å². The van der Waals surface area contributed by atoms with Gasteiger partial charge in [-0.3, -0.25) is 0 Å². The van der Waals surface area contributed by atoms with Crippen molar-refractivity contribution in [3.05, 3.63) is 0 Å². The second-order valence-electron chi connectivity index (χ2n) is 6.02.